The summed E-state index contributed by atoms with van der Waals surface area (Å²) in [5, 5.41) is 3.48. The fourth-order valence-corrected chi connectivity index (χ4v) is 3.05. The normalized spacial score (nSPS) is 21.2. The van der Waals surface area contributed by atoms with Crippen LogP contribution in [0, 0.1) is 0 Å². The second-order valence-electron chi connectivity index (χ2n) is 5.52. The predicted molar refractivity (Wildman–Crippen MR) is 83.4 cm³/mol. The van der Waals surface area contributed by atoms with E-state index in [1.165, 1.54) is 11.3 Å². The van der Waals surface area contributed by atoms with Crippen molar-refractivity contribution in [2.45, 2.75) is 25.3 Å². The van der Waals surface area contributed by atoms with Crippen molar-refractivity contribution < 1.29 is 4.74 Å². The van der Waals surface area contributed by atoms with Crippen molar-refractivity contribution in [3.05, 3.63) is 23.8 Å². The van der Waals surface area contributed by atoms with E-state index in [2.05, 4.69) is 39.6 Å². The average molecular weight is 273 g/mol. The number of anilines is 1. The Kier molecular flexibility index (Phi) is 4.33. The van der Waals surface area contributed by atoms with Gasteiger partial charge in [-0.05, 0) is 30.5 Å². The van der Waals surface area contributed by atoms with Gasteiger partial charge in [-0.1, -0.05) is 6.07 Å². The number of hydrogen-bond acceptors (Lipinski definition) is 4. The molecule has 20 heavy (non-hydrogen) atoms. The second-order valence-corrected chi connectivity index (χ2v) is 5.52. The number of methoxy groups -OCH3 is 1. The van der Waals surface area contributed by atoms with Crippen LogP contribution in [0.1, 0.15) is 18.4 Å². The summed E-state index contributed by atoms with van der Waals surface area (Å²) in [7, 11) is 1.76. The Labute approximate surface area is 120 Å². The third kappa shape index (κ3) is 2.86. The van der Waals surface area contributed by atoms with Crippen molar-refractivity contribution in [3.63, 3.8) is 0 Å². The zero-order valence-electron chi connectivity index (χ0n) is 12.1. The van der Waals surface area contributed by atoms with Gasteiger partial charge in [-0.25, -0.2) is 0 Å². The van der Waals surface area contributed by atoms with Crippen LogP contribution in [0.25, 0.3) is 0 Å². The van der Waals surface area contributed by atoms with Crippen LogP contribution in [0.15, 0.2) is 23.2 Å². The number of fused-ring (bicyclic) bond motifs is 3. The van der Waals surface area contributed by atoms with Crippen LogP contribution in [-0.2, 0) is 11.2 Å². The van der Waals surface area contributed by atoms with E-state index in [-0.39, 0.29) is 0 Å². The summed E-state index contributed by atoms with van der Waals surface area (Å²) >= 11 is 0. The molecule has 1 aromatic carbocycles. The van der Waals surface area contributed by atoms with E-state index in [1.807, 2.05) is 0 Å². The Hall–Kier alpha value is -1.39. The molecule has 1 fully saturated rings. The third-order valence-corrected chi connectivity index (χ3v) is 4.12. The Balaban J connectivity index is 1.83. The van der Waals surface area contributed by atoms with Gasteiger partial charge in [0.2, 0.25) is 0 Å². The van der Waals surface area contributed by atoms with Gasteiger partial charge in [-0.15, -0.1) is 0 Å². The van der Waals surface area contributed by atoms with Crippen molar-refractivity contribution in [2.24, 2.45) is 4.99 Å². The van der Waals surface area contributed by atoms with E-state index in [9.17, 15) is 0 Å². The van der Waals surface area contributed by atoms with Crippen LogP contribution in [0.3, 0.4) is 0 Å². The third-order valence-electron chi connectivity index (χ3n) is 4.12. The number of aryl methyl sites for hydroxylation is 1. The van der Waals surface area contributed by atoms with Crippen molar-refractivity contribution in [3.8, 4) is 0 Å². The molecule has 3 rings (SSSR count). The molecule has 2 aliphatic heterocycles. The molecule has 0 bridgehead atoms. The molecule has 0 radical (unpaired) electrons. The lowest BCUT2D eigenvalue weighted by atomic mass is 10.1. The molecule has 1 saturated heterocycles. The van der Waals surface area contributed by atoms with Gasteiger partial charge < -0.3 is 15.0 Å². The first-order valence-electron chi connectivity index (χ1n) is 7.50. The molecule has 2 heterocycles. The molecule has 0 aliphatic carbocycles. The van der Waals surface area contributed by atoms with Crippen LogP contribution in [0.4, 0.5) is 11.4 Å². The highest BCUT2D eigenvalue weighted by Gasteiger charge is 2.25. The maximum absolute atomic E-state index is 5.14. The molecule has 1 aromatic rings. The van der Waals surface area contributed by atoms with E-state index < -0.39 is 0 Å². The van der Waals surface area contributed by atoms with Crippen LogP contribution < -0.4 is 10.2 Å². The molecule has 2 aliphatic rings. The molecule has 0 saturated carbocycles. The molecular formula is C16H23N3O. The monoisotopic (exact) mass is 273 g/mol. The van der Waals surface area contributed by atoms with Crippen LogP contribution in [0.5, 0.6) is 0 Å². The molecular weight excluding hydrogens is 250 g/mol. The minimum atomic E-state index is 0.544. The van der Waals surface area contributed by atoms with Gasteiger partial charge in [0.1, 0.15) is 0 Å². The number of benzene rings is 1. The van der Waals surface area contributed by atoms with Gasteiger partial charge in [0.05, 0.1) is 11.4 Å². The quantitative estimate of drug-likeness (QED) is 0.854. The highest BCUT2D eigenvalue weighted by atomic mass is 16.5. The Morgan fingerprint density at radius 2 is 2.40 bits per heavy atom. The standard InChI is InChI=1S/C16H23N3O/c1-20-10-2-3-13-4-5-15-16(11-13)19-9-8-17-12-14(19)6-7-18-15/h4-5,7,11,14,17H,2-3,6,8-10,12H2,1H3/t14-/m0/s1. The molecule has 4 nitrogen and oxygen atoms in total. The van der Waals surface area contributed by atoms with Crippen LogP contribution in [-0.4, -0.2) is 45.6 Å². The predicted octanol–water partition coefficient (Wildman–Crippen LogP) is 2.15. The number of aliphatic imine (C=N–C) groups is 1. The number of ether oxygens (including phenoxy) is 1. The van der Waals surface area contributed by atoms with E-state index in [0.29, 0.717) is 6.04 Å². The van der Waals surface area contributed by atoms with Crippen molar-refractivity contribution in [1.82, 2.24) is 5.32 Å². The zero-order chi connectivity index (χ0) is 13.8. The highest BCUT2D eigenvalue weighted by molar-refractivity contribution is 5.77. The van der Waals surface area contributed by atoms with Crippen molar-refractivity contribution >= 4 is 17.6 Å². The summed E-state index contributed by atoms with van der Waals surface area (Å²) in [6.07, 6.45) is 5.24. The first kappa shape index (κ1) is 13.6. The van der Waals surface area contributed by atoms with E-state index in [1.54, 1.807) is 7.11 Å². The molecule has 0 amide bonds. The summed E-state index contributed by atoms with van der Waals surface area (Å²) < 4.78 is 5.14. The van der Waals surface area contributed by atoms with Crippen LogP contribution >= 0.6 is 0 Å². The summed E-state index contributed by atoms with van der Waals surface area (Å²) in [6.45, 7) is 4.01. The summed E-state index contributed by atoms with van der Waals surface area (Å²) in [5.41, 5.74) is 3.81. The number of piperazine rings is 1. The minimum Gasteiger partial charge on any atom is -0.385 e. The maximum Gasteiger partial charge on any atom is 0.0859 e. The smallest absolute Gasteiger partial charge is 0.0859 e. The Bertz CT molecular complexity index is 487. The van der Waals surface area contributed by atoms with E-state index >= 15 is 0 Å². The fourth-order valence-electron chi connectivity index (χ4n) is 3.05. The zero-order valence-corrected chi connectivity index (χ0v) is 12.1. The van der Waals surface area contributed by atoms with Gasteiger partial charge in [-0.3, -0.25) is 4.99 Å². The Morgan fingerprint density at radius 3 is 3.30 bits per heavy atom. The topological polar surface area (TPSA) is 36.9 Å². The lowest BCUT2D eigenvalue weighted by Crippen LogP contribution is -2.51. The highest BCUT2D eigenvalue weighted by Crippen LogP contribution is 2.34. The first-order valence-corrected chi connectivity index (χ1v) is 7.50. The minimum absolute atomic E-state index is 0.544. The molecule has 1 atom stereocenters. The SMILES string of the molecule is COCCCc1ccc2c(c1)N1CCNC[C@@H]1CC=N2. The average Bonchev–Trinajstić information content (AvgIpc) is 2.67. The molecule has 1 N–H and O–H groups in total. The molecule has 4 heteroatoms. The number of nitrogens with zero attached hydrogens (tertiary/aromatic N) is 2. The molecule has 108 valence electrons. The van der Waals surface area contributed by atoms with Gasteiger partial charge in [0.15, 0.2) is 0 Å². The maximum atomic E-state index is 5.14. The summed E-state index contributed by atoms with van der Waals surface area (Å²) in [4.78, 5) is 7.16. The lowest BCUT2D eigenvalue weighted by molar-refractivity contribution is 0.195. The largest absolute Gasteiger partial charge is 0.385 e. The number of nitrogens with one attached hydrogen (secondary N) is 1. The summed E-state index contributed by atoms with van der Waals surface area (Å²) in [5.74, 6) is 0. The lowest BCUT2D eigenvalue weighted by Gasteiger charge is -2.37. The van der Waals surface area contributed by atoms with Crippen molar-refractivity contribution in [1.29, 1.82) is 0 Å². The van der Waals surface area contributed by atoms with Crippen molar-refractivity contribution in [2.75, 3.05) is 38.3 Å². The molecule has 0 spiro atoms. The fraction of sp³-hybridized carbons (Fsp3) is 0.562. The summed E-state index contributed by atoms with van der Waals surface area (Å²) in [6, 6.07) is 7.24. The van der Waals surface area contributed by atoms with Crippen LogP contribution in [0.2, 0.25) is 0 Å². The molecule has 0 unspecified atom stereocenters. The van der Waals surface area contributed by atoms with Gasteiger partial charge in [0.25, 0.3) is 0 Å². The second kappa shape index (κ2) is 6.37. The Morgan fingerprint density at radius 1 is 1.45 bits per heavy atom. The first-order chi connectivity index (χ1) is 9.88. The molecule has 0 aromatic heterocycles. The number of hydrogen-bond donors (Lipinski definition) is 1. The van der Waals surface area contributed by atoms with E-state index in [0.717, 1.165) is 51.2 Å². The number of rotatable bonds is 4. The van der Waals surface area contributed by atoms with Gasteiger partial charge >= 0.3 is 0 Å². The van der Waals surface area contributed by atoms with Gasteiger partial charge in [-0.2, -0.15) is 0 Å². The van der Waals surface area contributed by atoms with Gasteiger partial charge in [0, 0.05) is 52.0 Å². The van der Waals surface area contributed by atoms with E-state index in [4.69, 9.17) is 4.74 Å².